The van der Waals surface area contributed by atoms with E-state index in [0.717, 1.165) is 93.0 Å². The van der Waals surface area contributed by atoms with Gasteiger partial charge in [0.25, 0.3) is 5.91 Å². The molecule has 0 saturated carbocycles. The minimum atomic E-state index is -0.238. The first kappa shape index (κ1) is 36.0. The SMILES string of the molecule is C=C1/C=C\C=C/CC[C@H]2CN[C@@H]3CC(OCC4=CCC[C@H](COC5=C(OC)C=C6C(=O)N7C8C=CCC[C@H]8C[C@H]7CN[C@H]6C5)C4)=C(OC)C[C@@H]3C(=O)N12. The number of ether oxygens (including phenoxy) is 4. The van der Waals surface area contributed by atoms with Gasteiger partial charge in [0, 0.05) is 67.8 Å². The minimum absolute atomic E-state index is 0.0231. The average Bonchev–Trinajstić information content (AvgIpc) is 3.47. The van der Waals surface area contributed by atoms with Gasteiger partial charge in [0.1, 0.15) is 23.9 Å². The molecule has 10 heteroatoms. The van der Waals surface area contributed by atoms with Crippen molar-refractivity contribution in [1.29, 1.82) is 0 Å². The predicted molar refractivity (Wildman–Crippen MR) is 203 cm³/mol. The molecule has 4 aliphatic heterocycles. The fourth-order valence-electron chi connectivity index (χ4n) is 10.00. The topological polar surface area (TPSA) is 102 Å². The number of hydrogen-bond donors (Lipinski definition) is 2. The Morgan fingerprint density at radius 2 is 1.74 bits per heavy atom. The quantitative estimate of drug-likeness (QED) is 0.308. The molecule has 3 fully saturated rings. The Morgan fingerprint density at radius 3 is 2.60 bits per heavy atom. The van der Waals surface area contributed by atoms with Crippen LogP contribution in [0.1, 0.15) is 70.6 Å². The van der Waals surface area contributed by atoms with Crippen LogP contribution in [0.4, 0.5) is 0 Å². The van der Waals surface area contributed by atoms with Crippen molar-refractivity contribution in [3.05, 3.63) is 95.1 Å². The molecule has 4 heterocycles. The molecular weight excluding hydrogens is 668 g/mol. The number of methoxy groups -OCH3 is 2. The van der Waals surface area contributed by atoms with E-state index in [9.17, 15) is 9.59 Å². The van der Waals surface area contributed by atoms with Gasteiger partial charge in [-0.3, -0.25) is 9.59 Å². The highest BCUT2D eigenvalue weighted by molar-refractivity contribution is 5.96. The molecule has 0 aromatic carbocycles. The van der Waals surface area contributed by atoms with E-state index in [1.165, 1.54) is 5.57 Å². The molecule has 4 aliphatic carbocycles. The lowest BCUT2D eigenvalue weighted by molar-refractivity contribution is -0.135. The second-order valence-corrected chi connectivity index (χ2v) is 16.0. The lowest BCUT2D eigenvalue weighted by atomic mass is 9.85. The Labute approximate surface area is 314 Å². The van der Waals surface area contributed by atoms with E-state index < -0.39 is 0 Å². The summed E-state index contributed by atoms with van der Waals surface area (Å²) in [6.07, 6.45) is 26.6. The van der Waals surface area contributed by atoms with Gasteiger partial charge in [-0.05, 0) is 80.9 Å². The largest absolute Gasteiger partial charge is 0.498 e. The van der Waals surface area contributed by atoms with Gasteiger partial charge in [-0.1, -0.05) is 43.0 Å². The van der Waals surface area contributed by atoms with Crippen molar-refractivity contribution in [3.8, 4) is 0 Å². The van der Waals surface area contributed by atoms with Crippen LogP contribution in [0.15, 0.2) is 95.1 Å². The van der Waals surface area contributed by atoms with Crippen LogP contribution in [0.3, 0.4) is 0 Å². The fourth-order valence-corrected chi connectivity index (χ4v) is 10.00. The van der Waals surface area contributed by atoms with E-state index in [1.807, 2.05) is 29.2 Å². The van der Waals surface area contributed by atoms with Crippen LogP contribution in [0, 0.1) is 17.8 Å². The van der Waals surface area contributed by atoms with Crippen molar-refractivity contribution < 1.29 is 28.5 Å². The number of amides is 2. The third-order valence-corrected chi connectivity index (χ3v) is 12.8. The summed E-state index contributed by atoms with van der Waals surface area (Å²) in [5.74, 6) is 3.99. The Balaban J connectivity index is 0.881. The average molecular weight is 725 g/mol. The Morgan fingerprint density at radius 1 is 0.868 bits per heavy atom. The van der Waals surface area contributed by atoms with Gasteiger partial charge in [0.2, 0.25) is 5.91 Å². The Bertz CT molecular complexity index is 1690. The maximum absolute atomic E-state index is 14.0. The van der Waals surface area contributed by atoms with Crippen LogP contribution in [0.5, 0.6) is 0 Å². The summed E-state index contributed by atoms with van der Waals surface area (Å²) < 4.78 is 24.8. The Hall–Kier alpha value is -4.02. The molecule has 1 unspecified atom stereocenters. The second kappa shape index (κ2) is 15.8. The molecule has 0 aromatic rings. The van der Waals surface area contributed by atoms with Gasteiger partial charge < -0.3 is 39.4 Å². The molecule has 8 rings (SSSR count). The molecule has 3 saturated heterocycles. The molecule has 2 amide bonds. The van der Waals surface area contributed by atoms with Crippen LogP contribution >= 0.6 is 0 Å². The summed E-state index contributed by atoms with van der Waals surface area (Å²) in [6.45, 7) is 6.85. The molecular formula is C43H56N4O6. The number of carbonyl (C=O) groups is 2. The molecule has 0 radical (unpaired) electrons. The van der Waals surface area contributed by atoms with E-state index in [2.05, 4.69) is 46.4 Å². The molecule has 8 atom stereocenters. The third kappa shape index (κ3) is 7.29. The highest BCUT2D eigenvalue weighted by atomic mass is 16.5. The van der Waals surface area contributed by atoms with Crippen molar-refractivity contribution >= 4 is 11.8 Å². The number of nitrogens with zero attached hydrogens (tertiary/aromatic N) is 2. The van der Waals surface area contributed by atoms with Crippen molar-refractivity contribution in [2.75, 3.05) is 40.5 Å². The second-order valence-electron chi connectivity index (χ2n) is 16.0. The summed E-state index contributed by atoms with van der Waals surface area (Å²) in [5, 5.41) is 7.44. The zero-order chi connectivity index (χ0) is 36.5. The predicted octanol–water partition coefficient (Wildman–Crippen LogP) is 5.70. The van der Waals surface area contributed by atoms with Gasteiger partial charge in [0.15, 0.2) is 5.76 Å². The van der Waals surface area contributed by atoms with Crippen LogP contribution in [0.25, 0.3) is 0 Å². The summed E-state index contributed by atoms with van der Waals surface area (Å²) in [4.78, 5) is 32.0. The lowest BCUT2D eigenvalue weighted by Crippen LogP contribution is -2.44. The molecule has 53 heavy (non-hydrogen) atoms. The maximum Gasteiger partial charge on any atom is 0.252 e. The smallest absolute Gasteiger partial charge is 0.252 e. The minimum Gasteiger partial charge on any atom is -0.498 e. The number of allylic oxidation sites excluding steroid dienone is 8. The first-order chi connectivity index (χ1) is 25.9. The fraction of sp³-hybridized carbons (Fsp3) is 0.581. The van der Waals surface area contributed by atoms with Gasteiger partial charge in [-0.25, -0.2) is 0 Å². The standard InChI is InChI=1S/C43H56N4O6/c1-27-11-6-4-5-7-15-31-23-44-35-21-40(38(50-2)19-33(35)42(48)46(27)31)52-25-28-12-10-13-29(17-28)26-53-41-22-36-34(20-39(41)51-3)43(49)47-32(24-45-36)18-30-14-8-9-16-37(30)47/h4-6,9,11-12,16,20,29-33,35-37,44-45H,1,7-8,10,13-15,17-19,21-26H2,2-3H3/b5-4-,11-6-/t29-,30-,31-,32-,33-,35+,36-,37?/m0/s1. The summed E-state index contributed by atoms with van der Waals surface area (Å²) in [5.41, 5.74) is 2.79. The van der Waals surface area contributed by atoms with E-state index >= 15 is 0 Å². The normalized spacial score (nSPS) is 35.5. The number of fused-ring (bicyclic) bond motifs is 6. The Kier molecular flexibility index (Phi) is 10.7. The van der Waals surface area contributed by atoms with E-state index in [0.29, 0.717) is 50.1 Å². The first-order valence-corrected chi connectivity index (χ1v) is 19.9. The molecule has 0 bridgehead atoms. The highest BCUT2D eigenvalue weighted by Gasteiger charge is 2.48. The van der Waals surface area contributed by atoms with Crippen LogP contribution < -0.4 is 10.6 Å². The van der Waals surface area contributed by atoms with Crippen LogP contribution in [-0.2, 0) is 28.5 Å². The molecule has 10 nitrogen and oxygen atoms in total. The zero-order valence-electron chi connectivity index (χ0n) is 31.4. The van der Waals surface area contributed by atoms with Crippen molar-refractivity contribution in [1.82, 2.24) is 20.4 Å². The molecule has 284 valence electrons. The van der Waals surface area contributed by atoms with E-state index in [1.54, 1.807) is 14.2 Å². The van der Waals surface area contributed by atoms with Gasteiger partial charge in [-0.2, -0.15) is 0 Å². The van der Waals surface area contributed by atoms with Crippen molar-refractivity contribution in [3.63, 3.8) is 0 Å². The van der Waals surface area contributed by atoms with Crippen molar-refractivity contribution in [2.24, 2.45) is 17.8 Å². The summed E-state index contributed by atoms with van der Waals surface area (Å²) in [7, 11) is 3.34. The molecule has 8 aliphatic rings. The van der Waals surface area contributed by atoms with Crippen LogP contribution in [-0.4, -0.2) is 92.3 Å². The first-order valence-electron chi connectivity index (χ1n) is 19.9. The number of carbonyl (C=O) groups excluding carboxylic acids is 2. The number of nitrogens with one attached hydrogen (secondary N) is 2. The van der Waals surface area contributed by atoms with Crippen LogP contribution in [0.2, 0.25) is 0 Å². The van der Waals surface area contributed by atoms with Crippen molar-refractivity contribution in [2.45, 2.75) is 101 Å². The summed E-state index contributed by atoms with van der Waals surface area (Å²) in [6, 6.07) is 0.391. The van der Waals surface area contributed by atoms with Gasteiger partial charge >= 0.3 is 0 Å². The summed E-state index contributed by atoms with van der Waals surface area (Å²) >= 11 is 0. The molecule has 2 N–H and O–H groups in total. The zero-order valence-corrected chi connectivity index (χ0v) is 31.4. The monoisotopic (exact) mass is 724 g/mol. The molecule has 0 spiro atoms. The number of rotatable bonds is 8. The maximum atomic E-state index is 14.0. The number of hydrogen-bond acceptors (Lipinski definition) is 8. The lowest BCUT2D eigenvalue weighted by Gasteiger charge is -2.34. The van der Waals surface area contributed by atoms with Gasteiger partial charge in [-0.15, -0.1) is 0 Å². The third-order valence-electron chi connectivity index (χ3n) is 12.8. The molecule has 0 aromatic heterocycles. The van der Waals surface area contributed by atoms with E-state index in [-0.39, 0.29) is 47.9 Å². The highest BCUT2D eigenvalue weighted by Crippen LogP contribution is 2.41. The van der Waals surface area contributed by atoms with Gasteiger partial charge in [0.05, 0.1) is 32.8 Å². The van der Waals surface area contributed by atoms with E-state index in [4.69, 9.17) is 18.9 Å².